The van der Waals surface area contributed by atoms with Gasteiger partial charge in [0.2, 0.25) is 0 Å². The monoisotopic (exact) mass is 304 g/mol. The van der Waals surface area contributed by atoms with Crippen LogP contribution in [0.2, 0.25) is 5.02 Å². The van der Waals surface area contributed by atoms with E-state index in [0.29, 0.717) is 24.5 Å². The zero-order valence-electron chi connectivity index (χ0n) is 11.5. The summed E-state index contributed by atoms with van der Waals surface area (Å²) < 4.78 is 5.56. The van der Waals surface area contributed by atoms with Crippen LogP contribution >= 0.6 is 11.6 Å². The van der Waals surface area contributed by atoms with Gasteiger partial charge >= 0.3 is 5.97 Å². The lowest BCUT2D eigenvalue weighted by atomic mass is 9.96. The first-order chi connectivity index (χ1) is 10.2. The molecule has 1 N–H and O–H groups in total. The Morgan fingerprint density at radius 2 is 1.76 bits per heavy atom. The second kappa shape index (κ2) is 7.70. The summed E-state index contributed by atoms with van der Waals surface area (Å²) in [6.45, 7) is 0.367. The highest BCUT2D eigenvalue weighted by Crippen LogP contribution is 2.21. The van der Waals surface area contributed by atoms with Crippen molar-refractivity contribution in [2.45, 2.75) is 12.8 Å². The Morgan fingerprint density at radius 1 is 1.10 bits per heavy atom. The van der Waals surface area contributed by atoms with E-state index < -0.39 is 11.9 Å². The molecule has 21 heavy (non-hydrogen) atoms. The van der Waals surface area contributed by atoms with Crippen LogP contribution in [-0.2, 0) is 11.2 Å². The van der Waals surface area contributed by atoms with Crippen molar-refractivity contribution in [3.63, 3.8) is 0 Å². The third-order valence-corrected chi connectivity index (χ3v) is 3.62. The Kier molecular flexibility index (Phi) is 5.64. The molecule has 0 aliphatic heterocycles. The van der Waals surface area contributed by atoms with Gasteiger partial charge in [-0.1, -0.05) is 48.0 Å². The van der Waals surface area contributed by atoms with E-state index >= 15 is 0 Å². The molecule has 0 aliphatic rings. The number of rotatable bonds is 7. The predicted octanol–water partition coefficient (Wildman–Crippen LogP) is 4.05. The van der Waals surface area contributed by atoms with Crippen LogP contribution in [0.15, 0.2) is 54.6 Å². The molecule has 0 aliphatic carbocycles. The maximum absolute atomic E-state index is 11.4. The Hall–Kier alpha value is -2.00. The summed E-state index contributed by atoms with van der Waals surface area (Å²) in [6.07, 6.45) is 0.850. The molecule has 1 atom stereocenters. The first-order valence-electron chi connectivity index (χ1n) is 6.81. The van der Waals surface area contributed by atoms with Gasteiger partial charge in [0, 0.05) is 5.02 Å². The minimum Gasteiger partial charge on any atom is -0.494 e. The molecule has 110 valence electrons. The molecule has 2 rings (SSSR count). The number of carbonyl (C=O) groups is 1. The molecule has 0 saturated heterocycles. The fraction of sp³-hybridized carbons (Fsp3) is 0.235. The van der Waals surface area contributed by atoms with Crippen molar-refractivity contribution in [1.82, 2.24) is 0 Å². The number of benzene rings is 2. The van der Waals surface area contributed by atoms with Crippen molar-refractivity contribution in [2.24, 2.45) is 5.92 Å². The second-order valence-corrected chi connectivity index (χ2v) is 5.19. The summed E-state index contributed by atoms with van der Waals surface area (Å²) >= 11 is 6.08. The summed E-state index contributed by atoms with van der Waals surface area (Å²) in [7, 11) is 0. The number of ether oxygens (including phenoxy) is 1. The molecule has 4 heteroatoms. The summed E-state index contributed by atoms with van der Waals surface area (Å²) in [5, 5.41) is 9.93. The number of hydrogen-bond acceptors (Lipinski definition) is 2. The van der Waals surface area contributed by atoms with Crippen LogP contribution in [0.4, 0.5) is 0 Å². The smallest absolute Gasteiger partial charge is 0.306 e. The number of para-hydroxylation sites is 1. The Morgan fingerprint density at radius 3 is 2.43 bits per heavy atom. The van der Waals surface area contributed by atoms with Gasteiger partial charge < -0.3 is 9.84 Å². The van der Waals surface area contributed by atoms with Crippen LogP contribution in [0.25, 0.3) is 0 Å². The fourth-order valence-corrected chi connectivity index (χ4v) is 2.29. The molecule has 0 spiro atoms. The summed E-state index contributed by atoms with van der Waals surface area (Å²) in [4.78, 5) is 11.4. The lowest BCUT2D eigenvalue weighted by Gasteiger charge is -2.14. The second-order valence-electron chi connectivity index (χ2n) is 4.78. The summed E-state index contributed by atoms with van der Waals surface area (Å²) in [6, 6.07) is 16.7. The maximum Gasteiger partial charge on any atom is 0.306 e. The number of carboxylic acid groups (broad SMARTS) is 1. The van der Waals surface area contributed by atoms with E-state index in [-0.39, 0.29) is 0 Å². The molecule has 2 aromatic carbocycles. The largest absolute Gasteiger partial charge is 0.494 e. The SMILES string of the molecule is O=C(O)C(CCOc1ccccc1)Cc1ccccc1Cl. The minimum atomic E-state index is -0.827. The number of carboxylic acids is 1. The van der Waals surface area contributed by atoms with Gasteiger partial charge in [-0.3, -0.25) is 4.79 Å². The Labute approximate surface area is 129 Å². The fourth-order valence-electron chi connectivity index (χ4n) is 2.08. The van der Waals surface area contributed by atoms with Gasteiger partial charge in [0.1, 0.15) is 5.75 Å². The highest BCUT2D eigenvalue weighted by atomic mass is 35.5. The average molecular weight is 305 g/mol. The lowest BCUT2D eigenvalue weighted by Crippen LogP contribution is -2.19. The van der Waals surface area contributed by atoms with Gasteiger partial charge in [-0.15, -0.1) is 0 Å². The van der Waals surface area contributed by atoms with Crippen LogP contribution in [-0.4, -0.2) is 17.7 Å². The molecule has 3 nitrogen and oxygen atoms in total. The standard InChI is InChI=1S/C17H17ClO3/c18-16-9-5-4-6-13(16)12-14(17(19)20)10-11-21-15-7-2-1-3-8-15/h1-9,14H,10-12H2,(H,19,20). The zero-order valence-corrected chi connectivity index (χ0v) is 12.3. The molecule has 2 aromatic rings. The van der Waals surface area contributed by atoms with Crippen molar-refractivity contribution < 1.29 is 14.6 Å². The highest BCUT2D eigenvalue weighted by molar-refractivity contribution is 6.31. The van der Waals surface area contributed by atoms with Gasteiger partial charge in [-0.05, 0) is 36.6 Å². The molecule has 0 amide bonds. The minimum absolute atomic E-state index is 0.367. The van der Waals surface area contributed by atoms with Crippen LogP contribution in [0.1, 0.15) is 12.0 Å². The molecule has 0 fully saturated rings. The summed E-state index contributed by atoms with van der Waals surface area (Å²) in [5.74, 6) is -0.584. The zero-order chi connectivity index (χ0) is 15.1. The van der Waals surface area contributed by atoms with Crippen molar-refractivity contribution in [1.29, 1.82) is 0 Å². The normalized spacial score (nSPS) is 11.9. The van der Waals surface area contributed by atoms with E-state index in [1.165, 1.54) is 0 Å². The van der Waals surface area contributed by atoms with Gasteiger partial charge in [-0.25, -0.2) is 0 Å². The van der Waals surface area contributed by atoms with Gasteiger partial charge in [0.05, 0.1) is 12.5 Å². The Bertz CT molecular complexity index is 584. The molecular weight excluding hydrogens is 288 g/mol. The maximum atomic E-state index is 11.4. The van der Waals surface area contributed by atoms with E-state index in [1.807, 2.05) is 48.5 Å². The first kappa shape index (κ1) is 15.4. The van der Waals surface area contributed by atoms with Crippen molar-refractivity contribution >= 4 is 17.6 Å². The topological polar surface area (TPSA) is 46.5 Å². The van der Waals surface area contributed by atoms with Crippen LogP contribution in [0.5, 0.6) is 5.75 Å². The molecule has 0 heterocycles. The molecule has 1 unspecified atom stereocenters. The Balaban J connectivity index is 1.91. The van der Waals surface area contributed by atoms with Gasteiger partial charge in [0.25, 0.3) is 0 Å². The first-order valence-corrected chi connectivity index (χ1v) is 7.18. The molecular formula is C17H17ClO3. The third-order valence-electron chi connectivity index (χ3n) is 3.25. The van der Waals surface area contributed by atoms with Gasteiger partial charge in [0.15, 0.2) is 0 Å². The van der Waals surface area contributed by atoms with Crippen LogP contribution in [0, 0.1) is 5.92 Å². The molecule has 0 saturated carbocycles. The van der Waals surface area contributed by atoms with Crippen LogP contribution in [0.3, 0.4) is 0 Å². The molecule has 0 aromatic heterocycles. The predicted molar refractivity (Wildman–Crippen MR) is 82.8 cm³/mol. The van der Waals surface area contributed by atoms with Crippen molar-refractivity contribution in [2.75, 3.05) is 6.61 Å². The van der Waals surface area contributed by atoms with Gasteiger partial charge in [-0.2, -0.15) is 0 Å². The van der Waals surface area contributed by atoms with Crippen molar-refractivity contribution in [3.8, 4) is 5.75 Å². The van der Waals surface area contributed by atoms with E-state index in [9.17, 15) is 9.90 Å². The number of aliphatic carboxylic acids is 1. The molecule has 0 radical (unpaired) electrons. The van der Waals surface area contributed by atoms with E-state index in [0.717, 1.165) is 11.3 Å². The lowest BCUT2D eigenvalue weighted by molar-refractivity contribution is -0.142. The van der Waals surface area contributed by atoms with E-state index in [2.05, 4.69) is 0 Å². The molecule has 0 bridgehead atoms. The number of hydrogen-bond donors (Lipinski definition) is 1. The van der Waals surface area contributed by atoms with Crippen LogP contribution < -0.4 is 4.74 Å². The number of halogens is 1. The average Bonchev–Trinajstić information content (AvgIpc) is 2.49. The summed E-state index contributed by atoms with van der Waals surface area (Å²) in [5.41, 5.74) is 0.853. The van der Waals surface area contributed by atoms with Crippen molar-refractivity contribution in [3.05, 3.63) is 65.2 Å². The highest BCUT2D eigenvalue weighted by Gasteiger charge is 2.19. The quantitative estimate of drug-likeness (QED) is 0.839. The van der Waals surface area contributed by atoms with E-state index in [1.54, 1.807) is 6.07 Å². The third kappa shape index (κ3) is 4.80. The van der Waals surface area contributed by atoms with E-state index in [4.69, 9.17) is 16.3 Å².